The van der Waals surface area contributed by atoms with Crippen LogP contribution in [-0.4, -0.2) is 64.7 Å². The summed E-state index contributed by atoms with van der Waals surface area (Å²) in [5.74, 6) is 0. The lowest BCUT2D eigenvalue weighted by atomic mass is 9.97. The SMILES string of the molecule is CC1(C)COP(OCN(COP2OCC(C)(C)CO2)COP2OCC(C)(C)CO2)OC1. The first-order valence-corrected chi connectivity index (χ1v) is 13.6. The minimum absolute atomic E-state index is 0.00774. The molecule has 0 atom stereocenters. The number of hydrogen-bond acceptors (Lipinski definition) is 10. The molecule has 0 N–H and O–H groups in total. The highest BCUT2D eigenvalue weighted by Gasteiger charge is 2.34. The molecule has 3 aliphatic rings. The molecule has 10 nitrogen and oxygen atoms in total. The highest BCUT2D eigenvalue weighted by molar-refractivity contribution is 7.42. The minimum atomic E-state index is -1.41. The van der Waals surface area contributed by atoms with E-state index in [0.29, 0.717) is 39.6 Å². The van der Waals surface area contributed by atoms with Gasteiger partial charge in [-0.3, -0.25) is 13.6 Å². The zero-order chi connectivity index (χ0) is 22.5. The van der Waals surface area contributed by atoms with E-state index in [0.717, 1.165) is 0 Å². The van der Waals surface area contributed by atoms with Gasteiger partial charge in [0.1, 0.15) is 20.2 Å². The van der Waals surface area contributed by atoms with E-state index in [-0.39, 0.29) is 36.4 Å². The Bertz CT molecular complexity index is 463. The summed E-state index contributed by atoms with van der Waals surface area (Å²) in [6.45, 7) is 16.7. The number of rotatable bonds is 9. The molecule has 31 heavy (non-hydrogen) atoms. The number of hydrogen-bond donors (Lipinski definition) is 0. The van der Waals surface area contributed by atoms with E-state index in [4.69, 9.17) is 40.7 Å². The van der Waals surface area contributed by atoms with Gasteiger partial charge in [-0.1, -0.05) is 41.5 Å². The summed E-state index contributed by atoms with van der Waals surface area (Å²) in [4.78, 5) is 1.82. The molecule has 0 aromatic carbocycles. The van der Waals surface area contributed by atoms with Gasteiger partial charge in [0, 0.05) is 16.2 Å². The van der Waals surface area contributed by atoms with Crippen LogP contribution < -0.4 is 0 Å². The van der Waals surface area contributed by atoms with Gasteiger partial charge in [0.2, 0.25) is 0 Å². The van der Waals surface area contributed by atoms with Crippen molar-refractivity contribution in [2.24, 2.45) is 16.2 Å². The molecule has 0 unspecified atom stereocenters. The second-order valence-electron chi connectivity index (χ2n) is 10.2. The smallest absolute Gasteiger partial charge is 0.312 e. The summed E-state index contributed by atoms with van der Waals surface area (Å²) in [5, 5.41) is 0. The lowest BCUT2D eigenvalue weighted by Crippen LogP contribution is -2.34. The van der Waals surface area contributed by atoms with Crippen molar-refractivity contribution in [2.45, 2.75) is 41.5 Å². The minimum Gasteiger partial charge on any atom is -0.312 e. The van der Waals surface area contributed by atoms with E-state index in [2.05, 4.69) is 41.5 Å². The Morgan fingerprint density at radius 1 is 0.516 bits per heavy atom. The topological polar surface area (TPSA) is 86.3 Å². The largest absolute Gasteiger partial charge is 0.334 e. The maximum absolute atomic E-state index is 5.82. The summed E-state index contributed by atoms with van der Waals surface area (Å²) in [6.07, 6.45) is 0. The Kier molecular flexibility index (Phi) is 9.87. The molecule has 3 saturated heterocycles. The van der Waals surface area contributed by atoms with Crippen LogP contribution >= 0.6 is 25.8 Å². The normalized spacial score (nSPS) is 27.6. The van der Waals surface area contributed by atoms with Crippen LogP contribution in [0.15, 0.2) is 0 Å². The second-order valence-corrected chi connectivity index (χ2v) is 13.9. The Labute approximate surface area is 189 Å². The van der Waals surface area contributed by atoms with Crippen LogP contribution in [0.4, 0.5) is 0 Å². The molecule has 0 saturated carbocycles. The molecular weight excluding hydrogens is 467 g/mol. The summed E-state index contributed by atoms with van der Waals surface area (Å²) >= 11 is 0. The molecule has 0 spiro atoms. The first-order valence-electron chi connectivity index (χ1n) is 10.3. The van der Waals surface area contributed by atoms with Crippen LogP contribution in [0.2, 0.25) is 0 Å². The number of nitrogens with zero attached hydrogens (tertiary/aromatic N) is 1. The summed E-state index contributed by atoms with van der Waals surface area (Å²) < 4.78 is 51.7. The van der Waals surface area contributed by atoms with Crippen LogP contribution in [0, 0.1) is 16.2 Å². The van der Waals surface area contributed by atoms with Crippen molar-refractivity contribution in [1.29, 1.82) is 0 Å². The molecule has 13 heteroatoms. The van der Waals surface area contributed by atoms with Crippen molar-refractivity contribution in [3.63, 3.8) is 0 Å². The van der Waals surface area contributed by atoms with E-state index in [1.807, 2.05) is 4.90 Å². The van der Waals surface area contributed by atoms with E-state index in [9.17, 15) is 0 Å². The Hall–Kier alpha value is 0.890. The fourth-order valence-electron chi connectivity index (χ4n) is 2.32. The Morgan fingerprint density at radius 2 is 0.742 bits per heavy atom. The summed E-state index contributed by atoms with van der Waals surface area (Å²) in [6, 6.07) is 0. The van der Waals surface area contributed by atoms with Gasteiger partial charge in [-0.15, -0.1) is 0 Å². The monoisotopic (exact) mass is 503 g/mol. The highest BCUT2D eigenvalue weighted by Crippen LogP contribution is 2.49. The third-order valence-corrected chi connectivity index (χ3v) is 7.42. The van der Waals surface area contributed by atoms with Gasteiger partial charge in [0.15, 0.2) is 0 Å². The van der Waals surface area contributed by atoms with Crippen LogP contribution in [0.1, 0.15) is 41.5 Å². The lowest BCUT2D eigenvalue weighted by Gasteiger charge is -2.35. The van der Waals surface area contributed by atoms with Gasteiger partial charge in [-0.2, -0.15) is 0 Å². The molecule has 3 rings (SSSR count). The van der Waals surface area contributed by atoms with Gasteiger partial charge < -0.3 is 27.1 Å². The second kappa shape index (κ2) is 11.5. The average Bonchev–Trinajstić information content (AvgIpc) is 2.70. The van der Waals surface area contributed by atoms with Crippen molar-refractivity contribution in [2.75, 3.05) is 59.8 Å². The zero-order valence-electron chi connectivity index (χ0n) is 19.3. The zero-order valence-corrected chi connectivity index (χ0v) is 22.0. The van der Waals surface area contributed by atoms with Crippen LogP contribution in [0.25, 0.3) is 0 Å². The Balaban J connectivity index is 1.44. The van der Waals surface area contributed by atoms with Crippen molar-refractivity contribution in [3.8, 4) is 0 Å². The van der Waals surface area contributed by atoms with Crippen molar-refractivity contribution < 1.29 is 40.7 Å². The third-order valence-electron chi connectivity index (χ3n) is 4.40. The maximum atomic E-state index is 5.82. The Morgan fingerprint density at radius 3 is 0.968 bits per heavy atom. The molecule has 0 aromatic heterocycles. The van der Waals surface area contributed by atoms with E-state index in [1.54, 1.807) is 0 Å². The lowest BCUT2D eigenvalue weighted by molar-refractivity contribution is -0.0507. The van der Waals surface area contributed by atoms with E-state index >= 15 is 0 Å². The predicted molar refractivity (Wildman–Crippen MR) is 118 cm³/mol. The standard InChI is InChI=1S/C18H36NO9P3/c1-16(2)7-20-29(21-8-16)26-13-19(14-27-30-22-9-17(3,4)10-23-30)15-28-31-24-11-18(5,6)12-25-31/h7-15H2,1-6H3. The molecule has 3 heterocycles. The molecule has 0 aliphatic carbocycles. The first-order chi connectivity index (χ1) is 14.5. The first kappa shape index (κ1) is 26.5. The van der Waals surface area contributed by atoms with Gasteiger partial charge in [-0.25, -0.2) is 4.90 Å². The van der Waals surface area contributed by atoms with E-state index in [1.165, 1.54) is 0 Å². The molecular formula is C18H36NO9P3. The van der Waals surface area contributed by atoms with Crippen molar-refractivity contribution in [1.82, 2.24) is 4.90 Å². The fourth-order valence-corrected chi connectivity index (χ4v) is 6.50. The summed E-state index contributed by atoms with van der Waals surface area (Å²) in [5.41, 5.74) is -0.0232. The van der Waals surface area contributed by atoms with Crippen molar-refractivity contribution >= 4 is 25.8 Å². The molecule has 3 aliphatic heterocycles. The molecule has 3 fully saturated rings. The maximum Gasteiger partial charge on any atom is 0.334 e. The molecule has 0 radical (unpaired) electrons. The van der Waals surface area contributed by atoms with E-state index < -0.39 is 25.8 Å². The molecule has 182 valence electrons. The fraction of sp³-hybridized carbons (Fsp3) is 1.00. The van der Waals surface area contributed by atoms with Gasteiger partial charge in [0.05, 0.1) is 39.6 Å². The highest BCUT2D eigenvalue weighted by atomic mass is 31.2. The van der Waals surface area contributed by atoms with Gasteiger partial charge in [0.25, 0.3) is 0 Å². The van der Waals surface area contributed by atoms with Crippen LogP contribution in [0.5, 0.6) is 0 Å². The average molecular weight is 503 g/mol. The molecule has 0 bridgehead atoms. The third kappa shape index (κ3) is 9.58. The van der Waals surface area contributed by atoms with Crippen molar-refractivity contribution in [3.05, 3.63) is 0 Å². The molecule has 0 amide bonds. The molecule has 0 aromatic rings. The van der Waals surface area contributed by atoms with Crippen LogP contribution in [-0.2, 0) is 40.7 Å². The van der Waals surface area contributed by atoms with Crippen LogP contribution in [0.3, 0.4) is 0 Å². The quantitative estimate of drug-likeness (QED) is 0.313. The summed E-state index contributed by atoms with van der Waals surface area (Å²) in [7, 11) is -4.22. The van der Waals surface area contributed by atoms with Gasteiger partial charge in [-0.05, 0) is 0 Å². The predicted octanol–water partition coefficient (Wildman–Crippen LogP) is 5.11. The van der Waals surface area contributed by atoms with Gasteiger partial charge >= 0.3 is 25.8 Å².